The van der Waals surface area contributed by atoms with Crippen molar-refractivity contribution in [3.8, 4) is 0 Å². The van der Waals surface area contributed by atoms with E-state index in [1.54, 1.807) is 0 Å². The largest absolute Gasteiger partial charge is 0.379 e. The summed E-state index contributed by atoms with van der Waals surface area (Å²) in [4.78, 5) is 15.2. The van der Waals surface area contributed by atoms with Crippen LogP contribution in [0.25, 0.3) is 0 Å². The molecule has 2 aliphatic heterocycles. The predicted molar refractivity (Wildman–Crippen MR) is 107 cm³/mol. The second-order valence-electron chi connectivity index (χ2n) is 6.50. The lowest BCUT2D eigenvalue weighted by atomic mass is 9.81. The Bertz CT molecular complexity index is 364. The van der Waals surface area contributed by atoms with E-state index in [0.717, 1.165) is 57.9 Å². The third kappa shape index (κ3) is 5.15. The minimum atomic E-state index is -0.405. The molecule has 1 unspecified atom stereocenters. The van der Waals surface area contributed by atoms with Crippen LogP contribution in [-0.4, -0.2) is 67.2 Å². The Morgan fingerprint density at radius 2 is 1.92 bits per heavy atom. The number of amides is 1. The molecule has 2 aliphatic rings. The molecule has 1 atom stereocenters. The van der Waals surface area contributed by atoms with E-state index < -0.39 is 5.41 Å². The van der Waals surface area contributed by atoms with Crippen LogP contribution in [0.5, 0.6) is 0 Å². The van der Waals surface area contributed by atoms with E-state index >= 15 is 0 Å². The summed E-state index contributed by atoms with van der Waals surface area (Å²) in [5, 5.41) is 3.24. The molecule has 0 bridgehead atoms. The van der Waals surface area contributed by atoms with E-state index in [2.05, 4.69) is 24.1 Å². The Morgan fingerprint density at radius 3 is 2.38 bits per heavy atom. The number of ether oxygens (including phenoxy) is 1. The van der Waals surface area contributed by atoms with Crippen molar-refractivity contribution in [3.05, 3.63) is 0 Å². The smallest absolute Gasteiger partial charge is 0.227 e. The minimum Gasteiger partial charge on any atom is -0.379 e. The normalized spacial score (nSPS) is 24.8. The van der Waals surface area contributed by atoms with Gasteiger partial charge in [-0.15, -0.1) is 24.8 Å². The number of carbonyl (C=O) groups excluding carboxylic acids is 1. The Kier molecular flexibility index (Phi) is 11.2. The second-order valence-corrected chi connectivity index (χ2v) is 7.61. The molecule has 0 aromatic heterocycles. The number of nitrogens with zero attached hydrogens (tertiary/aromatic N) is 1. The van der Waals surface area contributed by atoms with Gasteiger partial charge >= 0.3 is 0 Å². The standard InChI is InChI=1S/C16H31N3O2S.2ClH/c1-3-15(4-2,11-17)14(20)18-12-16(5-10-22-13-16)19-6-8-21-9-7-19;;/h3-13,17H2,1-2H3,(H,18,20);2*1H. The van der Waals surface area contributed by atoms with Gasteiger partial charge in [-0.3, -0.25) is 9.69 Å². The van der Waals surface area contributed by atoms with Crippen molar-refractivity contribution in [3.63, 3.8) is 0 Å². The SMILES string of the molecule is CCC(CC)(CN)C(=O)NCC1(N2CCOCC2)CCSC1.Cl.Cl. The van der Waals surface area contributed by atoms with E-state index in [0.29, 0.717) is 6.54 Å². The van der Waals surface area contributed by atoms with Gasteiger partial charge in [0, 0.05) is 37.5 Å². The van der Waals surface area contributed by atoms with Crippen molar-refractivity contribution >= 4 is 42.5 Å². The number of morpholine rings is 1. The molecule has 2 heterocycles. The molecule has 0 spiro atoms. The number of thioether (sulfide) groups is 1. The van der Waals surface area contributed by atoms with Crippen LogP contribution in [0.1, 0.15) is 33.1 Å². The van der Waals surface area contributed by atoms with E-state index in [-0.39, 0.29) is 36.3 Å². The van der Waals surface area contributed by atoms with Crippen LogP contribution >= 0.6 is 36.6 Å². The van der Waals surface area contributed by atoms with Gasteiger partial charge in [0.05, 0.1) is 18.6 Å². The van der Waals surface area contributed by atoms with E-state index in [4.69, 9.17) is 10.5 Å². The highest BCUT2D eigenvalue weighted by atomic mass is 35.5. The van der Waals surface area contributed by atoms with Gasteiger partial charge in [0.2, 0.25) is 5.91 Å². The molecular formula is C16H33Cl2N3O2S. The third-order valence-electron chi connectivity index (χ3n) is 5.57. The lowest BCUT2D eigenvalue weighted by Crippen LogP contribution is -2.60. The summed E-state index contributed by atoms with van der Waals surface area (Å²) in [6.45, 7) is 8.82. The topological polar surface area (TPSA) is 67.6 Å². The Hall–Kier alpha value is 0.280. The summed E-state index contributed by atoms with van der Waals surface area (Å²) in [5.74, 6) is 2.40. The maximum atomic E-state index is 12.7. The molecule has 24 heavy (non-hydrogen) atoms. The lowest BCUT2D eigenvalue weighted by molar-refractivity contribution is -0.131. The Balaban J connectivity index is 0.00000264. The van der Waals surface area contributed by atoms with Gasteiger partial charge in [0.1, 0.15) is 0 Å². The van der Waals surface area contributed by atoms with Crippen LogP contribution in [0.4, 0.5) is 0 Å². The fraction of sp³-hybridized carbons (Fsp3) is 0.938. The number of hydrogen-bond acceptors (Lipinski definition) is 5. The highest BCUT2D eigenvalue weighted by molar-refractivity contribution is 7.99. The molecule has 1 amide bonds. The Morgan fingerprint density at radius 1 is 1.29 bits per heavy atom. The van der Waals surface area contributed by atoms with Gasteiger partial charge in [-0.2, -0.15) is 11.8 Å². The van der Waals surface area contributed by atoms with Crippen molar-refractivity contribution in [1.82, 2.24) is 10.2 Å². The van der Waals surface area contributed by atoms with Crippen LogP contribution in [0.3, 0.4) is 0 Å². The first-order valence-corrected chi connectivity index (χ1v) is 9.67. The van der Waals surface area contributed by atoms with Crippen LogP contribution in [0.15, 0.2) is 0 Å². The first kappa shape index (κ1) is 24.3. The van der Waals surface area contributed by atoms with Crippen LogP contribution < -0.4 is 11.1 Å². The average molecular weight is 402 g/mol. The highest BCUT2D eigenvalue weighted by Crippen LogP contribution is 2.34. The maximum absolute atomic E-state index is 12.7. The van der Waals surface area contributed by atoms with Gasteiger partial charge in [-0.05, 0) is 25.0 Å². The van der Waals surface area contributed by atoms with Crippen LogP contribution in [-0.2, 0) is 9.53 Å². The third-order valence-corrected chi connectivity index (χ3v) is 6.80. The summed E-state index contributed by atoms with van der Waals surface area (Å²) >= 11 is 1.99. The molecule has 8 heteroatoms. The number of nitrogens with two attached hydrogens (primary N) is 1. The first-order chi connectivity index (χ1) is 10.6. The number of carbonyl (C=O) groups is 1. The van der Waals surface area contributed by atoms with E-state index in [1.807, 2.05) is 11.8 Å². The molecule has 0 saturated carbocycles. The minimum absolute atomic E-state index is 0. The summed E-state index contributed by atoms with van der Waals surface area (Å²) in [6, 6.07) is 0. The van der Waals surface area contributed by atoms with Gasteiger partial charge in [0.15, 0.2) is 0 Å². The predicted octanol–water partition coefficient (Wildman–Crippen LogP) is 1.92. The highest BCUT2D eigenvalue weighted by Gasteiger charge is 2.42. The molecule has 5 nitrogen and oxygen atoms in total. The van der Waals surface area contributed by atoms with Crippen molar-refractivity contribution in [2.45, 2.75) is 38.6 Å². The van der Waals surface area contributed by atoms with Crippen molar-refractivity contribution in [2.75, 3.05) is 50.9 Å². The van der Waals surface area contributed by atoms with Crippen molar-refractivity contribution in [2.24, 2.45) is 11.1 Å². The lowest BCUT2D eigenvalue weighted by Gasteiger charge is -2.43. The molecule has 2 saturated heterocycles. The quantitative estimate of drug-likeness (QED) is 0.681. The fourth-order valence-corrected chi connectivity index (χ4v) is 5.00. The van der Waals surface area contributed by atoms with Gasteiger partial charge < -0.3 is 15.8 Å². The van der Waals surface area contributed by atoms with E-state index in [9.17, 15) is 4.79 Å². The van der Waals surface area contributed by atoms with E-state index in [1.165, 1.54) is 5.75 Å². The maximum Gasteiger partial charge on any atom is 0.227 e. The Labute approximate surface area is 163 Å². The molecule has 0 radical (unpaired) electrons. The van der Waals surface area contributed by atoms with Gasteiger partial charge in [-0.1, -0.05) is 13.8 Å². The van der Waals surface area contributed by atoms with Crippen molar-refractivity contribution in [1.29, 1.82) is 0 Å². The molecular weight excluding hydrogens is 369 g/mol. The molecule has 2 rings (SSSR count). The molecule has 2 fully saturated rings. The first-order valence-electron chi connectivity index (χ1n) is 8.51. The number of halogens is 2. The number of rotatable bonds is 7. The second kappa shape index (κ2) is 11.1. The molecule has 0 aromatic carbocycles. The zero-order chi connectivity index (χ0) is 16.1. The molecule has 3 N–H and O–H groups in total. The monoisotopic (exact) mass is 401 g/mol. The van der Waals surface area contributed by atoms with Crippen molar-refractivity contribution < 1.29 is 9.53 Å². The zero-order valence-electron chi connectivity index (χ0n) is 14.8. The zero-order valence-corrected chi connectivity index (χ0v) is 17.3. The van der Waals surface area contributed by atoms with Crippen LogP contribution in [0, 0.1) is 5.41 Å². The molecule has 0 aromatic rings. The van der Waals surface area contributed by atoms with Gasteiger partial charge in [-0.25, -0.2) is 0 Å². The fourth-order valence-electron chi connectivity index (χ4n) is 3.52. The summed E-state index contributed by atoms with van der Waals surface area (Å²) in [5.41, 5.74) is 5.60. The number of nitrogens with one attached hydrogen (secondary N) is 1. The van der Waals surface area contributed by atoms with Crippen LogP contribution in [0.2, 0.25) is 0 Å². The average Bonchev–Trinajstić information content (AvgIpc) is 3.06. The number of hydrogen-bond donors (Lipinski definition) is 2. The molecule has 0 aliphatic carbocycles. The molecule has 144 valence electrons. The summed E-state index contributed by atoms with van der Waals surface area (Å²) < 4.78 is 5.48. The summed E-state index contributed by atoms with van der Waals surface area (Å²) in [6.07, 6.45) is 2.74. The van der Waals surface area contributed by atoms with Gasteiger partial charge in [0.25, 0.3) is 0 Å². The summed E-state index contributed by atoms with van der Waals surface area (Å²) in [7, 11) is 0.